The van der Waals surface area contributed by atoms with E-state index < -0.39 is 46.7 Å². The Hall–Kier alpha value is -4.22. The Kier molecular flexibility index (Phi) is 7.76. The van der Waals surface area contributed by atoms with E-state index in [-0.39, 0.29) is 17.0 Å². The molecule has 0 radical (unpaired) electrons. The minimum absolute atomic E-state index is 0.0254. The molecule has 12 heteroatoms. The van der Waals surface area contributed by atoms with Crippen molar-refractivity contribution in [1.82, 2.24) is 15.6 Å². The number of ether oxygens (including phenoxy) is 1. The van der Waals surface area contributed by atoms with Crippen LogP contribution in [0.4, 0.5) is 17.6 Å². The highest BCUT2D eigenvalue weighted by molar-refractivity contribution is 6.13. The average molecular weight is 505 g/mol. The predicted octanol–water partition coefficient (Wildman–Crippen LogP) is 3.91. The second-order valence-electron chi connectivity index (χ2n) is 7.95. The molecule has 0 bridgehead atoms. The van der Waals surface area contributed by atoms with Gasteiger partial charge in [0.1, 0.15) is 17.0 Å². The minimum atomic E-state index is -4.66. The largest absolute Gasteiger partial charge is 0.455 e. The van der Waals surface area contributed by atoms with Crippen molar-refractivity contribution in [1.29, 1.82) is 0 Å². The first kappa shape index (κ1) is 26.4. The number of amides is 2. The number of nitrogens with zero attached hydrogens (tertiary/aromatic N) is 2. The standard InChI is InChI=1S/C24H23F4N5O3/c1-3-30-12-15(11-29)21(34)33-23(8-9-23)22(35)32-14(2)20-18(25)10-16(13-31-20)36-19-7-5-4-6-17(19)24(26,27)28/h3-7,10-14H,1,8-9,29H2,2H3,(H,32,35)(H,33,34)/b15-11+,30-12-. The number of alkyl halides is 3. The number of carbonyl (C=O) groups excluding carboxylic acids is 2. The monoisotopic (exact) mass is 505 g/mol. The summed E-state index contributed by atoms with van der Waals surface area (Å²) in [5.74, 6) is -2.82. The smallest absolute Gasteiger partial charge is 0.419 e. The second-order valence-corrected chi connectivity index (χ2v) is 7.95. The number of rotatable bonds is 9. The van der Waals surface area contributed by atoms with Crippen LogP contribution in [0.25, 0.3) is 0 Å². The van der Waals surface area contributed by atoms with E-state index >= 15 is 0 Å². The number of halogens is 4. The van der Waals surface area contributed by atoms with Gasteiger partial charge in [-0.2, -0.15) is 13.2 Å². The molecule has 1 atom stereocenters. The first-order valence-corrected chi connectivity index (χ1v) is 10.7. The fourth-order valence-corrected chi connectivity index (χ4v) is 3.26. The Labute approximate surface area is 204 Å². The maximum absolute atomic E-state index is 14.8. The van der Waals surface area contributed by atoms with E-state index in [0.717, 1.165) is 30.6 Å². The predicted molar refractivity (Wildman–Crippen MR) is 123 cm³/mol. The van der Waals surface area contributed by atoms with Crippen molar-refractivity contribution in [3.8, 4) is 11.5 Å². The summed E-state index contributed by atoms with van der Waals surface area (Å²) < 4.78 is 59.5. The zero-order chi connectivity index (χ0) is 26.5. The van der Waals surface area contributed by atoms with Crippen LogP contribution in [-0.2, 0) is 15.8 Å². The quantitative estimate of drug-likeness (QED) is 0.271. The Bertz CT molecular complexity index is 1220. The van der Waals surface area contributed by atoms with Crippen molar-refractivity contribution >= 4 is 18.0 Å². The second kappa shape index (κ2) is 10.6. The highest BCUT2D eigenvalue weighted by Gasteiger charge is 2.51. The van der Waals surface area contributed by atoms with E-state index in [2.05, 4.69) is 27.2 Å². The first-order valence-electron chi connectivity index (χ1n) is 10.7. The van der Waals surface area contributed by atoms with Gasteiger partial charge in [0.05, 0.1) is 29.1 Å². The van der Waals surface area contributed by atoms with Gasteiger partial charge < -0.3 is 21.1 Å². The maximum atomic E-state index is 14.8. The van der Waals surface area contributed by atoms with E-state index in [4.69, 9.17) is 10.5 Å². The van der Waals surface area contributed by atoms with Gasteiger partial charge in [0, 0.05) is 24.7 Å². The molecule has 2 amide bonds. The molecule has 2 aromatic rings. The van der Waals surface area contributed by atoms with E-state index in [1.807, 2.05) is 0 Å². The normalized spacial score (nSPS) is 15.8. The van der Waals surface area contributed by atoms with Crippen molar-refractivity contribution in [3.05, 3.63) is 78.2 Å². The third-order valence-electron chi connectivity index (χ3n) is 5.32. The number of aliphatic imine (C=N–C) groups is 1. The molecule has 1 unspecified atom stereocenters. The van der Waals surface area contributed by atoms with Crippen molar-refractivity contribution in [2.75, 3.05) is 0 Å². The molecule has 1 aliphatic carbocycles. The van der Waals surface area contributed by atoms with Gasteiger partial charge in [-0.1, -0.05) is 18.7 Å². The number of hydrogen-bond donors (Lipinski definition) is 3. The van der Waals surface area contributed by atoms with Crippen molar-refractivity contribution in [2.45, 2.75) is 37.5 Å². The Morgan fingerprint density at radius 1 is 1.31 bits per heavy atom. The molecule has 8 nitrogen and oxygen atoms in total. The first-order chi connectivity index (χ1) is 17.0. The van der Waals surface area contributed by atoms with Crippen LogP contribution in [0.5, 0.6) is 11.5 Å². The molecule has 1 saturated carbocycles. The fraction of sp³-hybridized carbons (Fsp3) is 0.250. The number of pyridine rings is 1. The van der Waals surface area contributed by atoms with Gasteiger partial charge in [0.2, 0.25) is 5.91 Å². The van der Waals surface area contributed by atoms with Crippen LogP contribution < -0.4 is 21.1 Å². The van der Waals surface area contributed by atoms with Crippen molar-refractivity contribution in [2.24, 2.45) is 10.7 Å². The molecule has 0 spiro atoms. The summed E-state index contributed by atoms with van der Waals surface area (Å²) in [6, 6.07) is 4.47. The van der Waals surface area contributed by atoms with E-state index in [9.17, 15) is 27.2 Å². The summed E-state index contributed by atoms with van der Waals surface area (Å²) >= 11 is 0. The molecule has 1 aliphatic rings. The van der Waals surface area contributed by atoms with Crippen LogP contribution in [0.3, 0.4) is 0 Å². The topological polar surface area (TPSA) is 119 Å². The summed E-state index contributed by atoms with van der Waals surface area (Å²) in [5, 5.41) is 5.20. The molecule has 190 valence electrons. The lowest BCUT2D eigenvalue weighted by Gasteiger charge is -2.21. The maximum Gasteiger partial charge on any atom is 0.419 e. The highest BCUT2D eigenvalue weighted by atomic mass is 19.4. The summed E-state index contributed by atoms with van der Waals surface area (Å²) in [6.45, 7) is 4.87. The fourth-order valence-electron chi connectivity index (χ4n) is 3.26. The molecule has 4 N–H and O–H groups in total. The zero-order valence-corrected chi connectivity index (χ0v) is 19.1. The van der Waals surface area contributed by atoms with Crippen LogP contribution in [-0.4, -0.2) is 28.6 Å². The van der Waals surface area contributed by atoms with Crippen LogP contribution in [0.2, 0.25) is 0 Å². The molecule has 1 fully saturated rings. The number of para-hydroxylation sites is 1. The lowest BCUT2D eigenvalue weighted by Crippen LogP contribution is -2.50. The van der Waals surface area contributed by atoms with Crippen LogP contribution in [0.15, 0.2) is 66.1 Å². The molecule has 0 aliphatic heterocycles. The number of benzene rings is 1. The lowest BCUT2D eigenvalue weighted by atomic mass is 10.1. The number of nitrogens with two attached hydrogens (primary N) is 1. The third-order valence-corrected chi connectivity index (χ3v) is 5.32. The molecule has 1 aromatic heterocycles. The van der Waals surface area contributed by atoms with Crippen LogP contribution in [0, 0.1) is 5.82 Å². The SMILES string of the molecule is C=C/N=C\C(=C/N)C(=O)NC1(C(=O)NC(C)c2ncc(Oc3ccccc3C(F)(F)F)cc2F)CC1. The van der Waals surface area contributed by atoms with Gasteiger partial charge in [-0.05, 0) is 31.9 Å². The molecule has 1 aromatic carbocycles. The van der Waals surface area contributed by atoms with Crippen LogP contribution in [0.1, 0.15) is 37.1 Å². The van der Waals surface area contributed by atoms with Crippen molar-refractivity contribution in [3.63, 3.8) is 0 Å². The average Bonchev–Trinajstić information content (AvgIpc) is 3.60. The highest BCUT2D eigenvalue weighted by Crippen LogP contribution is 2.38. The number of aromatic nitrogens is 1. The number of hydrogen-bond acceptors (Lipinski definition) is 6. The molecule has 1 heterocycles. The van der Waals surface area contributed by atoms with Gasteiger partial charge in [0.15, 0.2) is 5.82 Å². The molecule has 0 saturated heterocycles. The Morgan fingerprint density at radius 3 is 2.58 bits per heavy atom. The Balaban J connectivity index is 1.69. The summed E-state index contributed by atoms with van der Waals surface area (Å²) in [4.78, 5) is 32.9. The summed E-state index contributed by atoms with van der Waals surface area (Å²) in [6.07, 6.45) is 0.549. The van der Waals surface area contributed by atoms with Gasteiger partial charge in [-0.15, -0.1) is 0 Å². The van der Waals surface area contributed by atoms with Crippen LogP contribution >= 0.6 is 0 Å². The molecular formula is C24H23F4N5O3. The third kappa shape index (κ3) is 6.06. The van der Waals surface area contributed by atoms with E-state index in [1.54, 1.807) is 0 Å². The summed E-state index contributed by atoms with van der Waals surface area (Å²) in [5.41, 5.74) is 3.08. The summed E-state index contributed by atoms with van der Waals surface area (Å²) in [7, 11) is 0. The van der Waals surface area contributed by atoms with Crippen molar-refractivity contribution < 1.29 is 31.9 Å². The lowest BCUT2D eigenvalue weighted by molar-refractivity contribution is -0.138. The minimum Gasteiger partial charge on any atom is -0.455 e. The molecule has 3 rings (SSSR count). The number of carbonyl (C=O) groups is 2. The zero-order valence-electron chi connectivity index (χ0n) is 19.1. The van der Waals surface area contributed by atoms with Gasteiger partial charge in [-0.25, -0.2) is 4.39 Å². The van der Waals surface area contributed by atoms with Gasteiger partial charge >= 0.3 is 6.18 Å². The van der Waals surface area contributed by atoms with Gasteiger partial charge in [0.25, 0.3) is 5.91 Å². The van der Waals surface area contributed by atoms with E-state index in [0.29, 0.717) is 12.8 Å². The molecule has 36 heavy (non-hydrogen) atoms. The van der Waals surface area contributed by atoms with Gasteiger partial charge in [-0.3, -0.25) is 19.6 Å². The Morgan fingerprint density at radius 2 is 2.00 bits per heavy atom. The number of nitrogens with one attached hydrogen (secondary N) is 2. The molecular weight excluding hydrogens is 482 g/mol. The van der Waals surface area contributed by atoms with E-state index in [1.165, 1.54) is 31.5 Å².